The predicted octanol–water partition coefficient (Wildman–Crippen LogP) is 3.74. The molecule has 0 saturated carbocycles. The van der Waals surface area contributed by atoms with Gasteiger partial charge >= 0.3 is 0 Å². The third kappa shape index (κ3) is 5.66. The molecule has 1 saturated heterocycles. The highest BCUT2D eigenvalue weighted by Crippen LogP contribution is 2.27. The number of carbonyl (C=O) groups excluding carboxylic acids is 2. The lowest BCUT2D eigenvalue weighted by atomic mass is 9.93. The maximum Gasteiger partial charge on any atom is 0.260 e. The van der Waals surface area contributed by atoms with Gasteiger partial charge in [-0.25, -0.2) is 0 Å². The molecule has 2 rings (SSSR count). The lowest BCUT2D eigenvalue weighted by molar-refractivity contribution is -0.134. The van der Waals surface area contributed by atoms with Crippen LogP contribution in [0.25, 0.3) is 0 Å². The van der Waals surface area contributed by atoms with E-state index in [1.165, 1.54) is 0 Å². The number of nitrogens with one attached hydrogen (secondary N) is 1. The first kappa shape index (κ1) is 21.1. The fourth-order valence-corrected chi connectivity index (χ4v) is 3.12. The normalized spacial score (nSPS) is 15.7. The van der Waals surface area contributed by atoms with Crippen LogP contribution in [-0.4, -0.2) is 48.3 Å². The first-order valence-electron chi connectivity index (χ1n) is 8.45. The molecule has 2 amide bonds. The number of hydrogen-bond donors (Lipinski definition) is 1. The second kappa shape index (κ2) is 9.16. The molecule has 5 nitrogen and oxygen atoms in total. The molecule has 0 radical (unpaired) electrons. The fourth-order valence-electron chi connectivity index (χ4n) is 2.54. The zero-order chi connectivity index (χ0) is 19.3. The smallest absolute Gasteiger partial charge is 0.260 e. The van der Waals surface area contributed by atoms with Gasteiger partial charge in [-0.05, 0) is 44.9 Å². The lowest BCUT2D eigenvalue weighted by Gasteiger charge is -2.34. The van der Waals surface area contributed by atoms with Crippen molar-refractivity contribution in [2.24, 2.45) is 5.41 Å². The summed E-state index contributed by atoms with van der Waals surface area (Å²) in [5.74, 6) is 0.524. The summed E-state index contributed by atoms with van der Waals surface area (Å²) < 4.78 is 5.49. The van der Waals surface area contributed by atoms with Crippen molar-refractivity contribution in [3.63, 3.8) is 0 Å². The van der Waals surface area contributed by atoms with Crippen molar-refractivity contribution in [2.45, 2.75) is 32.7 Å². The van der Waals surface area contributed by atoms with Crippen LogP contribution in [0.1, 0.15) is 26.7 Å². The number of piperidine rings is 1. The summed E-state index contributed by atoms with van der Waals surface area (Å²) in [4.78, 5) is 26.2. The summed E-state index contributed by atoms with van der Waals surface area (Å²) in [5.41, 5.74) is -0.597. The van der Waals surface area contributed by atoms with E-state index in [9.17, 15) is 9.59 Å². The molecule has 1 N–H and O–H groups in total. The van der Waals surface area contributed by atoms with E-state index in [2.05, 4.69) is 5.32 Å². The molecule has 1 aromatic carbocycles. The first-order chi connectivity index (χ1) is 12.2. The summed E-state index contributed by atoms with van der Waals surface area (Å²) in [6.45, 7) is 4.68. The Morgan fingerprint density at radius 2 is 1.92 bits per heavy atom. The van der Waals surface area contributed by atoms with Crippen molar-refractivity contribution in [3.05, 3.63) is 28.2 Å². The van der Waals surface area contributed by atoms with Crippen molar-refractivity contribution in [3.8, 4) is 5.75 Å². The Labute approximate surface area is 168 Å². The molecule has 1 aliphatic heterocycles. The summed E-state index contributed by atoms with van der Waals surface area (Å²) >= 11 is 17.7. The van der Waals surface area contributed by atoms with E-state index >= 15 is 0 Å². The van der Waals surface area contributed by atoms with Crippen LogP contribution in [0.2, 0.25) is 10.0 Å². The van der Waals surface area contributed by atoms with Crippen LogP contribution in [0, 0.1) is 5.41 Å². The third-order valence-electron chi connectivity index (χ3n) is 4.38. The Balaban J connectivity index is 1.78. The largest absolute Gasteiger partial charge is 0.482 e. The molecule has 0 unspecified atom stereocenters. The zero-order valence-corrected chi connectivity index (χ0v) is 17.1. The van der Waals surface area contributed by atoms with E-state index in [4.69, 9.17) is 39.5 Å². The number of halogens is 3. The van der Waals surface area contributed by atoms with E-state index in [-0.39, 0.29) is 30.3 Å². The van der Waals surface area contributed by atoms with Gasteiger partial charge in [-0.2, -0.15) is 0 Å². The minimum atomic E-state index is -0.597. The number of carbonyl (C=O) groups is 2. The number of likely N-dealkylation sites (tertiary alicyclic amines) is 1. The van der Waals surface area contributed by atoms with Crippen molar-refractivity contribution < 1.29 is 14.3 Å². The number of rotatable bonds is 6. The Bertz CT molecular complexity index is 659. The molecule has 144 valence electrons. The summed E-state index contributed by atoms with van der Waals surface area (Å²) in [6, 6.07) is 4.92. The molecule has 26 heavy (non-hydrogen) atoms. The molecule has 0 aliphatic carbocycles. The Kier molecular flexibility index (Phi) is 7.44. The minimum absolute atomic E-state index is 0.0562. The molecule has 0 spiro atoms. The van der Waals surface area contributed by atoms with Gasteiger partial charge in [0, 0.05) is 30.0 Å². The second-order valence-electron chi connectivity index (χ2n) is 7.01. The van der Waals surface area contributed by atoms with Gasteiger partial charge in [0.2, 0.25) is 5.91 Å². The highest BCUT2D eigenvalue weighted by Gasteiger charge is 2.30. The molecule has 1 heterocycles. The lowest BCUT2D eigenvalue weighted by Crippen LogP contribution is -2.50. The van der Waals surface area contributed by atoms with Crippen molar-refractivity contribution in [1.29, 1.82) is 0 Å². The summed E-state index contributed by atoms with van der Waals surface area (Å²) in [7, 11) is 0. The molecule has 1 aliphatic rings. The number of ether oxygens (including phenoxy) is 1. The fraction of sp³-hybridized carbons (Fsp3) is 0.556. The van der Waals surface area contributed by atoms with Gasteiger partial charge in [0.05, 0.1) is 10.4 Å². The monoisotopic (exact) mass is 420 g/mol. The predicted molar refractivity (Wildman–Crippen MR) is 104 cm³/mol. The van der Waals surface area contributed by atoms with Gasteiger partial charge in [0.1, 0.15) is 5.75 Å². The van der Waals surface area contributed by atoms with Crippen molar-refractivity contribution >= 4 is 46.6 Å². The van der Waals surface area contributed by atoms with Crippen LogP contribution in [0.5, 0.6) is 5.75 Å². The van der Waals surface area contributed by atoms with E-state index in [1.54, 1.807) is 23.1 Å². The second-order valence-corrected chi connectivity index (χ2v) is 8.12. The molecule has 0 bridgehead atoms. The standard InChI is InChI=1S/C18H23Cl3N2O3/c1-18(2,11-19)17(25)22-13-5-7-23(8-6-13)16(24)10-26-15-4-3-12(20)9-14(15)21/h3-4,9,13H,5-8,10-11H2,1-2H3,(H,22,25). The van der Waals surface area contributed by atoms with Crippen molar-refractivity contribution in [2.75, 3.05) is 25.6 Å². The topological polar surface area (TPSA) is 58.6 Å². The van der Waals surface area contributed by atoms with Gasteiger partial charge in [0.25, 0.3) is 5.91 Å². The molecule has 0 aromatic heterocycles. The number of nitrogens with zero attached hydrogens (tertiary/aromatic N) is 1. The SMILES string of the molecule is CC(C)(CCl)C(=O)NC1CCN(C(=O)COc2ccc(Cl)cc2Cl)CC1. The van der Waals surface area contributed by atoms with Crippen LogP contribution < -0.4 is 10.1 Å². The maximum atomic E-state index is 12.3. The Morgan fingerprint density at radius 3 is 2.50 bits per heavy atom. The van der Waals surface area contributed by atoms with E-state index < -0.39 is 5.41 Å². The number of hydrogen-bond acceptors (Lipinski definition) is 3. The van der Waals surface area contributed by atoms with Gasteiger partial charge in [-0.15, -0.1) is 11.6 Å². The Morgan fingerprint density at radius 1 is 1.27 bits per heavy atom. The van der Waals surface area contributed by atoms with E-state index in [0.29, 0.717) is 41.7 Å². The van der Waals surface area contributed by atoms with E-state index in [0.717, 1.165) is 0 Å². The Hall–Kier alpha value is -1.17. The average molecular weight is 422 g/mol. The third-order valence-corrected chi connectivity index (χ3v) is 5.58. The van der Waals surface area contributed by atoms with Crippen molar-refractivity contribution in [1.82, 2.24) is 10.2 Å². The summed E-state index contributed by atoms with van der Waals surface area (Å²) in [5, 5.41) is 3.90. The highest BCUT2D eigenvalue weighted by molar-refractivity contribution is 6.35. The quantitative estimate of drug-likeness (QED) is 0.712. The molecule has 1 aromatic rings. The summed E-state index contributed by atoms with van der Waals surface area (Å²) in [6.07, 6.45) is 1.41. The maximum absolute atomic E-state index is 12.3. The number of benzene rings is 1. The first-order valence-corrected chi connectivity index (χ1v) is 9.74. The van der Waals surface area contributed by atoms with Crippen LogP contribution >= 0.6 is 34.8 Å². The minimum Gasteiger partial charge on any atom is -0.482 e. The zero-order valence-electron chi connectivity index (χ0n) is 14.9. The molecular weight excluding hydrogens is 399 g/mol. The highest BCUT2D eigenvalue weighted by atomic mass is 35.5. The molecular formula is C18H23Cl3N2O3. The van der Waals surface area contributed by atoms with Gasteiger partial charge in [0.15, 0.2) is 6.61 Å². The van der Waals surface area contributed by atoms with Gasteiger partial charge < -0.3 is 15.0 Å². The van der Waals surface area contributed by atoms with Crippen LogP contribution in [0.15, 0.2) is 18.2 Å². The molecule has 0 atom stereocenters. The average Bonchev–Trinajstić information content (AvgIpc) is 2.61. The van der Waals surface area contributed by atoms with Crippen LogP contribution in [-0.2, 0) is 9.59 Å². The van der Waals surface area contributed by atoms with Crippen LogP contribution in [0.3, 0.4) is 0 Å². The number of alkyl halides is 1. The van der Waals surface area contributed by atoms with E-state index in [1.807, 2.05) is 13.8 Å². The van der Waals surface area contributed by atoms with Crippen LogP contribution in [0.4, 0.5) is 0 Å². The molecule has 1 fully saturated rings. The van der Waals surface area contributed by atoms with Gasteiger partial charge in [-0.1, -0.05) is 23.2 Å². The molecule has 8 heteroatoms. The number of amides is 2. The van der Waals surface area contributed by atoms with Gasteiger partial charge in [-0.3, -0.25) is 9.59 Å².